The second-order valence-corrected chi connectivity index (χ2v) is 4.85. The molecule has 1 aromatic heterocycles. The molecule has 23 heavy (non-hydrogen) atoms. The van der Waals surface area contributed by atoms with E-state index in [2.05, 4.69) is 4.98 Å². The topological polar surface area (TPSA) is 69.5 Å². The molecule has 2 heterocycles. The van der Waals surface area contributed by atoms with Gasteiger partial charge in [-0.1, -0.05) is 0 Å². The third kappa shape index (κ3) is 3.83. The number of nitriles is 1. The van der Waals surface area contributed by atoms with Crippen molar-refractivity contribution in [2.75, 3.05) is 37.7 Å². The van der Waals surface area contributed by atoms with Crippen LogP contribution in [0.25, 0.3) is 0 Å². The number of carbonyl (C=O) groups is 1. The quantitative estimate of drug-likeness (QED) is 0.833. The van der Waals surface area contributed by atoms with Crippen LogP contribution < -0.4 is 4.90 Å². The summed E-state index contributed by atoms with van der Waals surface area (Å²) in [7, 11) is 0. The Morgan fingerprint density at radius 3 is 2.52 bits per heavy atom. The maximum Gasteiger partial charge on any atom is 0.433 e. The molecule has 0 aliphatic carbocycles. The Hall–Kier alpha value is -2.50. The fourth-order valence-electron chi connectivity index (χ4n) is 2.25. The zero-order chi connectivity index (χ0) is 17.0. The summed E-state index contributed by atoms with van der Waals surface area (Å²) >= 11 is 0. The van der Waals surface area contributed by atoms with Gasteiger partial charge in [0.1, 0.15) is 17.6 Å². The van der Waals surface area contributed by atoms with Gasteiger partial charge in [0, 0.05) is 26.2 Å². The van der Waals surface area contributed by atoms with Gasteiger partial charge in [0.15, 0.2) is 0 Å². The van der Waals surface area contributed by atoms with Gasteiger partial charge < -0.3 is 14.5 Å². The average Bonchev–Trinajstić information content (AvgIpc) is 2.53. The Bertz CT molecular complexity index is 619. The minimum atomic E-state index is -4.57. The first kappa shape index (κ1) is 16.9. The molecular formula is C14H15F3N4O2. The second-order valence-electron chi connectivity index (χ2n) is 4.85. The van der Waals surface area contributed by atoms with Crippen LogP contribution in [0.2, 0.25) is 0 Å². The summed E-state index contributed by atoms with van der Waals surface area (Å²) in [6.45, 7) is 3.10. The molecule has 0 atom stereocenters. The maximum absolute atomic E-state index is 12.8. The number of carbonyl (C=O) groups excluding carboxylic acids is 1. The fraction of sp³-hybridized carbons (Fsp3) is 0.500. The van der Waals surface area contributed by atoms with Gasteiger partial charge >= 0.3 is 12.3 Å². The number of rotatable bonds is 2. The molecule has 6 nitrogen and oxygen atoms in total. The molecule has 2 rings (SSSR count). The highest BCUT2D eigenvalue weighted by molar-refractivity contribution is 5.68. The number of anilines is 1. The monoisotopic (exact) mass is 328 g/mol. The number of piperazine rings is 1. The molecule has 1 saturated heterocycles. The van der Waals surface area contributed by atoms with Crippen LogP contribution in [0.15, 0.2) is 12.1 Å². The molecule has 0 bridgehead atoms. The highest BCUT2D eigenvalue weighted by Gasteiger charge is 2.34. The van der Waals surface area contributed by atoms with Gasteiger partial charge in [-0.15, -0.1) is 0 Å². The Morgan fingerprint density at radius 2 is 2.00 bits per heavy atom. The van der Waals surface area contributed by atoms with Gasteiger partial charge in [0.05, 0.1) is 12.2 Å². The molecule has 0 aromatic carbocycles. The van der Waals surface area contributed by atoms with Crippen LogP contribution in [0, 0.1) is 11.3 Å². The normalized spacial score (nSPS) is 15.3. The zero-order valence-corrected chi connectivity index (χ0v) is 12.4. The van der Waals surface area contributed by atoms with Gasteiger partial charge in [-0.05, 0) is 19.1 Å². The first-order chi connectivity index (χ1) is 10.9. The van der Waals surface area contributed by atoms with Crippen molar-refractivity contribution in [3.8, 4) is 6.07 Å². The van der Waals surface area contributed by atoms with Gasteiger partial charge in [-0.25, -0.2) is 9.78 Å². The minimum Gasteiger partial charge on any atom is -0.450 e. The summed E-state index contributed by atoms with van der Waals surface area (Å²) in [4.78, 5) is 18.3. The number of nitrogens with zero attached hydrogens (tertiary/aromatic N) is 4. The molecule has 1 aliphatic rings. The van der Waals surface area contributed by atoms with Crippen LogP contribution in [0.4, 0.5) is 23.8 Å². The molecule has 0 unspecified atom stereocenters. The summed E-state index contributed by atoms with van der Waals surface area (Å²) in [6, 6.07) is 3.75. The Kier molecular flexibility index (Phi) is 4.93. The van der Waals surface area contributed by atoms with E-state index in [0.717, 1.165) is 12.1 Å². The van der Waals surface area contributed by atoms with Crippen molar-refractivity contribution in [3.05, 3.63) is 23.4 Å². The van der Waals surface area contributed by atoms with E-state index in [1.165, 1.54) is 4.90 Å². The van der Waals surface area contributed by atoms with Crippen LogP contribution in [0.1, 0.15) is 18.2 Å². The summed E-state index contributed by atoms with van der Waals surface area (Å²) < 4.78 is 43.3. The van der Waals surface area contributed by atoms with Crippen LogP contribution in [0.3, 0.4) is 0 Å². The predicted octanol–water partition coefficient (Wildman–Crippen LogP) is 2.25. The molecule has 1 fully saturated rings. The summed E-state index contributed by atoms with van der Waals surface area (Å²) in [6.07, 6.45) is -5.03. The van der Waals surface area contributed by atoms with E-state index in [4.69, 9.17) is 10.00 Å². The number of pyridine rings is 1. The lowest BCUT2D eigenvalue weighted by molar-refractivity contribution is -0.141. The van der Waals surface area contributed by atoms with Crippen LogP contribution >= 0.6 is 0 Å². The lowest BCUT2D eigenvalue weighted by Gasteiger charge is -2.35. The van der Waals surface area contributed by atoms with Crippen molar-refractivity contribution in [2.45, 2.75) is 13.1 Å². The largest absolute Gasteiger partial charge is 0.450 e. The molecule has 0 radical (unpaired) electrons. The molecule has 124 valence electrons. The molecule has 0 saturated carbocycles. The van der Waals surface area contributed by atoms with Crippen molar-refractivity contribution < 1.29 is 22.7 Å². The zero-order valence-electron chi connectivity index (χ0n) is 12.4. The van der Waals surface area contributed by atoms with E-state index in [1.807, 2.05) is 6.07 Å². The fourth-order valence-corrected chi connectivity index (χ4v) is 2.25. The van der Waals surface area contributed by atoms with E-state index in [1.54, 1.807) is 11.8 Å². The molecular weight excluding hydrogens is 313 g/mol. The number of aromatic nitrogens is 1. The van der Waals surface area contributed by atoms with E-state index in [0.29, 0.717) is 13.1 Å². The smallest absolute Gasteiger partial charge is 0.433 e. The Balaban J connectivity index is 2.17. The van der Waals surface area contributed by atoms with Crippen LogP contribution in [-0.4, -0.2) is 48.8 Å². The van der Waals surface area contributed by atoms with Crippen molar-refractivity contribution in [3.63, 3.8) is 0 Å². The average molecular weight is 328 g/mol. The molecule has 1 amide bonds. The second kappa shape index (κ2) is 6.73. The van der Waals surface area contributed by atoms with Gasteiger partial charge in [-0.3, -0.25) is 0 Å². The number of hydrogen-bond acceptors (Lipinski definition) is 5. The highest BCUT2D eigenvalue weighted by atomic mass is 19.4. The number of halogens is 3. The van der Waals surface area contributed by atoms with E-state index >= 15 is 0 Å². The Morgan fingerprint density at radius 1 is 1.35 bits per heavy atom. The van der Waals surface area contributed by atoms with Crippen molar-refractivity contribution >= 4 is 11.9 Å². The lowest BCUT2D eigenvalue weighted by atomic mass is 10.2. The van der Waals surface area contributed by atoms with Gasteiger partial charge in [0.25, 0.3) is 0 Å². The molecule has 0 spiro atoms. The molecule has 1 aliphatic heterocycles. The number of amides is 1. The predicted molar refractivity (Wildman–Crippen MR) is 74.8 cm³/mol. The minimum absolute atomic E-state index is 0.00849. The molecule has 0 N–H and O–H groups in total. The first-order valence-corrected chi connectivity index (χ1v) is 7.01. The summed E-state index contributed by atoms with van der Waals surface area (Å²) in [5.74, 6) is -0.00849. The third-order valence-corrected chi connectivity index (χ3v) is 3.39. The van der Waals surface area contributed by atoms with E-state index in [-0.39, 0.29) is 31.1 Å². The molecule has 1 aromatic rings. The van der Waals surface area contributed by atoms with E-state index in [9.17, 15) is 18.0 Å². The van der Waals surface area contributed by atoms with E-state index < -0.39 is 18.0 Å². The van der Waals surface area contributed by atoms with Crippen LogP contribution in [0.5, 0.6) is 0 Å². The number of ether oxygens (including phenoxy) is 1. The lowest BCUT2D eigenvalue weighted by Crippen LogP contribution is -2.49. The van der Waals surface area contributed by atoms with Gasteiger partial charge in [0.2, 0.25) is 0 Å². The van der Waals surface area contributed by atoms with Crippen LogP contribution in [-0.2, 0) is 10.9 Å². The summed E-state index contributed by atoms with van der Waals surface area (Å²) in [5, 5.41) is 9.07. The Labute approximate surface area is 131 Å². The third-order valence-electron chi connectivity index (χ3n) is 3.39. The van der Waals surface area contributed by atoms with Crippen molar-refractivity contribution in [2.24, 2.45) is 0 Å². The van der Waals surface area contributed by atoms with Gasteiger partial charge in [-0.2, -0.15) is 18.4 Å². The maximum atomic E-state index is 12.8. The van der Waals surface area contributed by atoms with Crippen molar-refractivity contribution in [1.29, 1.82) is 5.26 Å². The SMILES string of the molecule is CCOC(=O)N1CCN(c2nc(C(F)(F)F)ccc2C#N)CC1. The summed E-state index contributed by atoms with van der Waals surface area (Å²) in [5.41, 5.74) is -0.970. The number of alkyl halides is 3. The standard InChI is InChI=1S/C14H15F3N4O2/c1-2-23-13(22)21-7-5-20(6-8-21)12-10(9-18)3-4-11(19-12)14(15,16)17/h3-4H,2,5-8H2,1H3. The van der Waals surface area contributed by atoms with Crippen molar-refractivity contribution in [1.82, 2.24) is 9.88 Å². The first-order valence-electron chi connectivity index (χ1n) is 7.01. The molecule has 9 heteroatoms. The number of hydrogen-bond donors (Lipinski definition) is 0. The highest BCUT2D eigenvalue weighted by Crippen LogP contribution is 2.30.